The van der Waals surface area contributed by atoms with Gasteiger partial charge in [-0.25, -0.2) is 4.79 Å². The first kappa shape index (κ1) is 11.4. The van der Waals surface area contributed by atoms with Gasteiger partial charge in [0.15, 0.2) is 0 Å². The third kappa shape index (κ3) is 2.21. The predicted molar refractivity (Wildman–Crippen MR) is 68.3 cm³/mol. The number of benzene rings is 2. The number of hydrogen-bond donors (Lipinski definition) is 1. The van der Waals surface area contributed by atoms with Crippen molar-refractivity contribution in [3.05, 3.63) is 59.2 Å². The van der Waals surface area contributed by atoms with E-state index >= 15 is 0 Å². The van der Waals surface area contributed by atoms with Crippen molar-refractivity contribution < 1.29 is 9.90 Å². The summed E-state index contributed by atoms with van der Waals surface area (Å²) in [7, 11) is 0. The Balaban J connectivity index is 2.72. The van der Waals surface area contributed by atoms with E-state index in [9.17, 15) is 9.90 Å². The van der Waals surface area contributed by atoms with Crippen molar-refractivity contribution in [2.75, 3.05) is 0 Å². The molecule has 2 rings (SSSR count). The summed E-state index contributed by atoms with van der Waals surface area (Å²) in [4.78, 5) is 11.3. The van der Waals surface area contributed by atoms with E-state index in [1.165, 1.54) is 0 Å². The molecule has 0 saturated carbocycles. The van der Waals surface area contributed by atoms with Gasteiger partial charge in [-0.05, 0) is 30.5 Å². The monoisotopic (exact) mass is 226 g/mol. The van der Waals surface area contributed by atoms with Gasteiger partial charge in [0.05, 0.1) is 5.56 Å². The lowest BCUT2D eigenvalue weighted by atomic mass is 9.94. The highest BCUT2D eigenvalue weighted by molar-refractivity contribution is 5.97. The van der Waals surface area contributed by atoms with Crippen molar-refractivity contribution in [3.63, 3.8) is 0 Å². The van der Waals surface area contributed by atoms with Crippen LogP contribution in [0.15, 0.2) is 42.5 Å². The summed E-state index contributed by atoms with van der Waals surface area (Å²) in [6, 6.07) is 13.4. The molecule has 0 aromatic heterocycles. The SMILES string of the molecule is Cc1cc(C)c(C(=O)O)c(-c2ccccc2)c1. The normalized spacial score (nSPS) is 10.2. The molecule has 0 fully saturated rings. The molecule has 0 aliphatic carbocycles. The average molecular weight is 226 g/mol. The van der Waals surface area contributed by atoms with Gasteiger partial charge in [0.1, 0.15) is 0 Å². The first-order valence-electron chi connectivity index (χ1n) is 5.49. The van der Waals surface area contributed by atoms with Crippen LogP contribution in [0.1, 0.15) is 21.5 Å². The van der Waals surface area contributed by atoms with E-state index in [4.69, 9.17) is 0 Å². The minimum Gasteiger partial charge on any atom is -0.478 e. The molecule has 2 nitrogen and oxygen atoms in total. The van der Waals surface area contributed by atoms with Gasteiger partial charge in [-0.2, -0.15) is 0 Å². The van der Waals surface area contributed by atoms with Gasteiger partial charge in [-0.15, -0.1) is 0 Å². The fourth-order valence-electron chi connectivity index (χ4n) is 2.10. The third-order valence-corrected chi connectivity index (χ3v) is 2.78. The Labute approximate surface area is 101 Å². The predicted octanol–water partition coefficient (Wildman–Crippen LogP) is 3.67. The number of carbonyl (C=O) groups is 1. The Morgan fingerprint density at radius 1 is 1.06 bits per heavy atom. The van der Waals surface area contributed by atoms with Gasteiger partial charge in [-0.1, -0.05) is 48.0 Å². The van der Waals surface area contributed by atoms with Crippen molar-refractivity contribution in [1.82, 2.24) is 0 Å². The van der Waals surface area contributed by atoms with Crippen LogP contribution in [0, 0.1) is 13.8 Å². The Hall–Kier alpha value is -2.09. The highest BCUT2D eigenvalue weighted by atomic mass is 16.4. The van der Waals surface area contributed by atoms with Crippen molar-refractivity contribution >= 4 is 5.97 Å². The van der Waals surface area contributed by atoms with Crippen molar-refractivity contribution in [1.29, 1.82) is 0 Å². The van der Waals surface area contributed by atoms with Gasteiger partial charge < -0.3 is 5.11 Å². The summed E-state index contributed by atoms with van der Waals surface area (Å²) in [5.74, 6) is -0.874. The third-order valence-electron chi connectivity index (χ3n) is 2.78. The first-order valence-corrected chi connectivity index (χ1v) is 5.49. The van der Waals surface area contributed by atoms with Crippen molar-refractivity contribution in [2.45, 2.75) is 13.8 Å². The van der Waals surface area contributed by atoms with E-state index in [0.29, 0.717) is 5.56 Å². The molecule has 0 unspecified atom stereocenters. The smallest absolute Gasteiger partial charge is 0.336 e. The van der Waals surface area contributed by atoms with Crippen molar-refractivity contribution in [2.24, 2.45) is 0 Å². The summed E-state index contributed by atoms with van der Waals surface area (Å²) in [6.45, 7) is 3.81. The number of aromatic carboxylic acids is 1. The lowest BCUT2D eigenvalue weighted by molar-refractivity contribution is 0.0697. The quantitative estimate of drug-likeness (QED) is 0.848. The molecule has 0 atom stereocenters. The molecule has 0 spiro atoms. The van der Waals surface area contributed by atoms with E-state index in [1.807, 2.05) is 56.3 Å². The summed E-state index contributed by atoms with van der Waals surface area (Å²) in [5.41, 5.74) is 4.00. The van der Waals surface area contributed by atoms with Crippen LogP contribution in [0.2, 0.25) is 0 Å². The molecule has 0 heterocycles. The van der Waals surface area contributed by atoms with Crippen LogP contribution >= 0.6 is 0 Å². The molecular weight excluding hydrogens is 212 g/mol. The van der Waals surface area contributed by atoms with E-state index < -0.39 is 5.97 Å². The van der Waals surface area contributed by atoms with Gasteiger partial charge in [0.25, 0.3) is 0 Å². The van der Waals surface area contributed by atoms with Crippen LogP contribution in [0.4, 0.5) is 0 Å². The molecule has 0 aliphatic heterocycles. The molecule has 86 valence electrons. The fourth-order valence-corrected chi connectivity index (χ4v) is 2.10. The highest BCUT2D eigenvalue weighted by Gasteiger charge is 2.14. The lowest BCUT2D eigenvalue weighted by Gasteiger charge is -2.10. The first-order chi connectivity index (χ1) is 8.09. The van der Waals surface area contributed by atoms with Crippen LogP contribution in [-0.2, 0) is 0 Å². The van der Waals surface area contributed by atoms with E-state index in [-0.39, 0.29) is 0 Å². The number of rotatable bonds is 2. The van der Waals surface area contributed by atoms with E-state index in [2.05, 4.69) is 0 Å². The summed E-state index contributed by atoms with van der Waals surface area (Å²) in [5, 5.41) is 9.30. The topological polar surface area (TPSA) is 37.3 Å². The highest BCUT2D eigenvalue weighted by Crippen LogP contribution is 2.27. The lowest BCUT2D eigenvalue weighted by Crippen LogP contribution is -2.03. The standard InChI is InChI=1S/C15H14O2/c1-10-8-11(2)14(15(16)17)13(9-10)12-6-4-3-5-7-12/h3-9H,1-2H3,(H,16,17). The maximum Gasteiger partial charge on any atom is 0.336 e. The Bertz CT molecular complexity index is 557. The molecule has 0 amide bonds. The summed E-state index contributed by atoms with van der Waals surface area (Å²) in [6.07, 6.45) is 0. The molecule has 1 N–H and O–H groups in total. The van der Waals surface area contributed by atoms with Crippen LogP contribution < -0.4 is 0 Å². The molecule has 0 saturated heterocycles. The Morgan fingerprint density at radius 2 is 1.71 bits per heavy atom. The van der Waals surface area contributed by atoms with Crippen LogP contribution in [0.25, 0.3) is 11.1 Å². The molecule has 0 radical (unpaired) electrons. The second-order valence-corrected chi connectivity index (χ2v) is 4.18. The molecule has 2 aromatic carbocycles. The molecule has 0 bridgehead atoms. The van der Waals surface area contributed by atoms with Crippen LogP contribution in [0.5, 0.6) is 0 Å². The Kier molecular flexibility index (Phi) is 2.96. The number of aryl methyl sites for hydroxylation is 2. The number of carboxylic acid groups (broad SMARTS) is 1. The second kappa shape index (κ2) is 4.42. The zero-order valence-corrected chi connectivity index (χ0v) is 9.90. The van der Waals surface area contributed by atoms with E-state index in [1.54, 1.807) is 0 Å². The average Bonchev–Trinajstić information content (AvgIpc) is 2.28. The van der Waals surface area contributed by atoms with Gasteiger partial charge in [0, 0.05) is 0 Å². The summed E-state index contributed by atoms with van der Waals surface area (Å²) >= 11 is 0. The fraction of sp³-hybridized carbons (Fsp3) is 0.133. The Morgan fingerprint density at radius 3 is 2.29 bits per heavy atom. The van der Waals surface area contributed by atoms with Gasteiger partial charge in [-0.3, -0.25) is 0 Å². The number of hydrogen-bond acceptors (Lipinski definition) is 1. The molecular formula is C15H14O2. The molecule has 2 heteroatoms. The second-order valence-electron chi connectivity index (χ2n) is 4.18. The molecule has 17 heavy (non-hydrogen) atoms. The van der Waals surface area contributed by atoms with Gasteiger partial charge in [0.2, 0.25) is 0 Å². The zero-order valence-electron chi connectivity index (χ0n) is 9.90. The minimum absolute atomic E-state index is 0.391. The largest absolute Gasteiger partial charge is 0.478 e. The van der Waals surface area contributed by atoms with Gasteiger partial charge >= 0.3 is 5.97 Å². The van der Waals surface area contributed by atoms with Crippen LogP contribution in [0.3, 0.4) is 0 Å². The summed E-state index contributed by atoms with van der Waals surface area (Å²) < 4.78 is 0. The number of carboxylic acids is 1. The van der Waals surface area contributed by atoms with E-state index in [0.717, 1.165) is 22.3 Å². The molecule has 2 aromatic rings. The van der Waals surface area contributed by atoms with Crippen molar-refractivity contribution in [3.8, 4) is 11.1 Å². The maximum absolute atomic E-state index is 11.3. The molecule has 0 aliphatic rings. The zero-order chi connectivity index (χ0) is 12.4. The minimum atomic E-state index is -0.874. The maximum atomic E-state index is 11.3. The van der Waals surface area contributed by atoms with Crippen LogP contribution in [-0.4, -0.2) is 11.1 Å².